The minimum absolute atomic E-state index is 0.136. The molecule has 3 nitrogen and oxygen atoms in total. The van der Waals surface area contributed by atoms with Crippen molar-refractivity contribution in [3.05, 3.63) is 63.9 Å². The number of benzene rings is 2. The van der Waals surface area contributed by atoms with Crippen molar-refractivity contribution in [3.63, 3.8) is 0 Å². The number of aromatic amines is 1. The third kappa shape index (κ3) is 3.06. The Morgan fingerprint density at radius 2 is 1.62 bits per heavy atom. The summed E-state index contributed by atoms with van der Waals surface area (Å²) in [5.41, 5.74) is 6.03. The lowest BCUT2D eigenvalue weighted by molar-refractivity contribution is 0.590. The summed E-state index contributed by atoms with van der Waals surface area (Å²) in [5, 5.41) is 7.38. The Morgan fingerprint density at radius 1 is 0.958 bits per heavy atom. The van der Waals surface area contributed by atoms with Gasteiger partial charge in [0.25, 0.3) is 0 Å². The van der Waals surface area contributed by atoms with Crippen LogP contribution in [0.4, 0.5) is 0 Å². The number of aromatic nitrogens is 3. The van der Waals surface area contributed by atoms with E-state index in [9.17, 15) is 0 Å². The summed E-state index contributed by atoms with van der Waals surface area (Å²) >= 11 is 5.46. The Bertz CT molecular complexity index is 925. The van der Waals surface area contributed by atoms with Crippen LogP contribution in [0.1, 0.15) is 37.5 Å². The third-order valence-electron chi connectivity index (χ3n) is 4.43. The van der Waals surface area contributed by atoms with E-state index in [1.165, 1.54) is 16.7 Å². The van der Waals surface area contributed by atoms with Crippen molar-refractivity contribution in [1.29, 1.82) is 0 Å². The molecule has 0 unspecified atom stereocenters. The van der Waals surface area contributed by atoms with Gasteiger partial charge in [-0.2, -0.15) is 5.10 Å². The van der Waals surface area contributed by atoms with Crippen LogP contribution in [0.25, 0.3) is 17.1 Å². The fraction of sp³-hybridized carbons (Fsp3) is 0.300. The highest BCUT2D eigenvalue weighted by molar-refractivity contribution is 7.71. The molecule has 0 saturated heterocycles. The third-order valence-corrected chi connectivity index (χ3v) is 4.70. The predicted octanol–water partition coefficient (Wildman–Crippen LogP) is 5.51. The summed E-state index contributed by atoms with van der Waals surface area (Å²) in [4.78, 5) is 0. The maximum Gasteiger partial charge on any atom is 0.200 e. The van der Waals surface area contributed by atoms with E-state index < -0.39 is 0 Å². The summed E-state index contributed by atoms with van der Waals surface area (Å²) in [7, 11) is 0. The molecule has 3 aromatic rings. The molecule has 24 heavy (non-hydrogen) atoms. The second kappa shape index (κ2) is 6.02. The monoisotopic (exact) mass is 337 g/mol. The quantitative estimate of drug-likeness (QED) is 0.625. The molecule has 0 fully saturated rings. The van der Waals surface area contributed by atoms with Gasteiger partial charge in [0.15, 0.2) is 10.6 Å². The van der Waals surface area contributed by atoms with Crippen molar-refractivity contribution in [2.75, 3.05) is 0 Å². The molecule has 4 heteroatoms. The molecule has 1 heterocycles. The van der Waals surface area contributed by atoms with Crippen molar-refractivity contribution >= 4 is 12.2 Å². The van der Waals surface area contributed by atoms with Gasteiger partial charge in [0.1, 0.15) is 0 Å². The van der Waals surface area contributed by atoms with Gasteiger partial charge in [0.2, 0.25) is 0 Å². The number of hydrogen-bond acceptors (Lipinski definition) is 2. The van der Waals surface area contributed by atoms with Gasteiger partial charge >= 0.3 is 0 Å². The highest BCUT2D eigenvalue weighted by Crippen LogP contribution is 2.27. The largest absolute Gasteiger partial charge is 0.268 e. The zero-order valence-corrected chi connectivity index (χ0v) is 15.7. The van der Waals surface area contributed by atoms with Crippen LogP contribution in [0, 0.1) is 18.6 Å². The summed E-state index contributed by atoms with van der Waals surface area (Å²) in [6.45, 7) is 10.9. The number of H-pyrrole nitrogens is 1. The van der Waals surface area contributed by atoms with E-state index in [1.54, 1.807) is 0 Å². The molecule has 0 aliphatic heterocycles. The van der Waals surface area contributed by atoms with Crippen molar-refractivity contribution < 1.29 is 0 Å². The molecule has 0 aliphatic carbocycles. The number of nitrogens with zero attached hydrogens (tertiary/aromatic N) is 2. The van der Waals surface area contributed by atoms with Gasteiger partial charge in [0, 0.05) is 5.56 Å². The SMILES string of the molecule is Cc1ccc(-n2c(-c3ccc(C(C)(C)C)cc3)n[nH]c2=S)cc1C. The average molecular weight is 337 g/mol. The van der Waals surface area contributed by atoms with Crippen molar-refractivity contribution in [2.45, 2.75) is 40.0 Å². The molecule has 0 atom stereocenters. The van der Waals surface area contributed by atoms with Gasteiger partial charge in [-0.3, -0.25) is 9.67 Å². The second-order valence-electron chi connectivity index (χ2n) is 7.28. The topological polar surface area (TPSA) is 33.6 Å². The molecular weight excluding hydrogens is 314 g/mol. The van der Waals surface area contributed by atoms with Crippen LogP contribution in [0.3, 0.4) is 0 Å². The van der Waals surface area contributed by atoms with Crippen molar-refractivity contribution in [2.24, 2.45) is 0 Å². The van der Waals surface area contributed by atoms with Gasteiger partial charge in [-0.15, -0.1) is 0 Å². The first-order valence-corrected chi connectivity index (χ1v) is 8.54. The highest BCUT2D eigenvalue weighted by atomic mass is 32.1. The first kappa shape index (κ1) is 16.7. The summed E-state index contributed by atoms with van der Waals surface area (Å²) < 4.78 is 2.60. The zero-order chi connectivity index (χ0) is 17.5. The first-order chi connectivity index (χ1) is 11.3. The van der Waals surface area contributed by atoms with E-state index >= 15 is 0 Å². The Labute approximate surface area is 148 Å². The van der Waals surface area contributed by atoms with E-state index in [1.807, 2.05) is 4.57 Å². The van der Waals surface area contributed by atoms with E-state index in [0.717, 1.165) is 17.1 Å². The smallest absolute Gasteiger partial charge is 0.200 e. The molecular formula is C20H23N3S. The van der Waals surface area contributed by atoms with Crippen LogP contribution >= 0.6 is 12.2 Å². The fourth-order valence-corrected chi connectivity index (χ4v) is 2.95. The second-order valence-corrected chi connectivity index (χ2v) is 7.67. The molecule has 0 spiro atoms. The Hall–Kier alpha value is -2.20. The Kier molecular flexibility index (Phi) is 4.18. The molecule has 0 aliphatic rings. The molecule has 124 valence electrons. The lowest BCUT2D eigenvalue weighted by Crippen LogP contribution is -2.10. The Morgan fingerprint density at radius 3 is 2.21 bits per heavy atom. The molecule has 1 aromatic heterocycles. The van der Waals surface area contributed by atoms with Crippen LogP contribution in [0.2, 0.25) is 0 Å². The highest BCUT2D eigenvalue weighted by Gasteiger charge is 2.15. The fourth-order valence-electron chi connectivity index (χ4n) is 2.71. The molecule has 0 radical (unpaired) electrons. The molecule has 0 saturated carbocycles. The van der Waals surface area contributed by atoms with Gasteiger partial charge in [0.05, 0.1) is 5.69 Å². The van der Waals surface area contributed by atoms with Gasteiger partial charge < -0.3 is 0 Å². The minimum atomic E-state index is 0.136. The Balaban J connectivity index is 2.10. The molecule has 0 bridgehead atoms. The summed E-state index contributed by atoms with van der Waals surface area (Å²) in [6, 6.07) is 14.9. The lowest BCUT2D eigenvalue weighted by atomic mass is 9.87. The number of hydrogen-bond donors (Lipinski definition) is 1. The zero-order valence-electron chi connectivity index (χ0n) is 14.8. The van der Waals surface area contributed by atoms with Crippen molar-refractivity contribution in [1.82, 2.24) is 14.8 Å². The van der Waals surface area contributed by atoms with Crippen LogP contribution in [-0.4, -0.2) is 14.8 Å². The normalized spacial score (nSPS) is 11.7. The average Bonchev–Trinajstić information content (AvgIpc) is 2.91. The van der Waals surface area contributed by atoms with Gasteiger partial charge in [-0.05, 0) is 60.3 Å². The van der Waals surface area contributed by atoms with E-state index in [4.69, 9.17) is 12.2 Å². The van der Waals surface area contributed by atoms with E-state index in [0.29, 0.717) is 4.77 Å². The van der Waals surface area contributed by atoms with Crippen LogP contribution < -0.4 is 0 Å². The summed E-state index contributed by atoms with van der Waals surface area (Å²) in [6.07, 6.45) is 0. The number of nitrogens with one attached hydrogen (secondary N) is 1. The number of aryl methyl sites for hydroxylation is 2. The molecule has 0 amide bonds. The first-order valence-electron chi connectivity index (χ1n) is 8.13. The molecule has 1 N–H and O–H groups in total. The van der Waals surface area contributed by atoms with Crippen LogP contribution in [0.5, 0.6) is 0 Å². The molecule has 2 aromatic carbocycles. The number of rotatable bonds is 2. The molecule has 3 rings (SSSR count). The van der Waals surface area contributed by atoms with E-state index in [2.05, 4.69) is 87.3 Å². The van der Waals surface area contributed by atoms with Crippen molar-refractivity contribution in [3.8, 4) is 17.1 Å². The van der Waals surface area contributed by atoms with Crippen LogP contribution in [0.15, 0.2) is 42.5 Å². The maximum absolute atomic E-state index is 5.46. The summed E-state index contributed by atoms with van der Waals surface area (Å²) in [5.74, 6) is 0.837. The van der Waals surface area contributed by atoms with Gasteiger partial charge in [-0.1, -0.05) is 51.1 Å². The lowest BCUT2D eigenvalue weighted by Gasteiger charge is -2.19. The van der Waals surface area contributed by atoms with Gasteiger partial charge in [-0.25, -0.2) is 0 Å². The predicted molar refractivity (Wildman–Crippen MR) is 102 cm³/mol. The standard InChI is InChI=1S/C20H23N3S/c1-13-6-11-17(12-14(13)2)23-18(21-22-19(23)24)15-7-9-16(10-8-15)20(3,4)5/h6-12H,1-5H3,(H,22,24). The minimum Gasteiger partial charge on any atom is -0.268 e. The maximum atomic E-state index is 5.46. The van der Waals surface area contributed by atoms with Crippen LogP contribution in [-0.2, 0) is 5.41 Å². The van der Waals surface area contributed by atoms with E-state index in [-0.39, 0.29) is 5.41 Å².